The number of benzene rings is 2. The van der Waals surface area contributed by atoms with Crippen molar-refractivity contribution in [1.29, 1.82) is 0 Å². The van der Waals surface area contributed by atoms with E-state index < -0.39 is 11.6 Å². The monoisotopic (exact) mass is 346 g/mol. The normalized spacial score (nSPS) is 11.0. The van der Waals surface area contributed by atoms with Crippen molar-refractivity contribution in [2.24, 2.45) is 0 Å². The summed E-state index contributed by atoms with van der Waals surface area (Å²) < 4.78 is 10.3. The van der Waals surface area contributed by atoms with Crippen molar-refractivity contribution in [1.82, 2.24) is 0 Å². The molecule has 0 spiro atoms. The van der Waals surface area contributed by atoms with Gasteiger partial charge in [-0.3, -0.25) is 4.79 Å². The van der Waals surface area contributed by atoms with E-state index >= 15 is 0 Å². The van der Waals surface area contributed by atoms with Crippen LogP contribution in [0.5, 0.6) is 5.75 Å². The Kier molecular flexibility index (Phi) is 5.62. The highest BCUT2D eigenvalue weighted by atomic mass is 35.5. The molecule has 0 aliphatic heterocycles. The number of methoxy groups -OCH3 is 1. The zero-order valence-corrected chi connectivity index (χ0v) is 14.6. The summed E-state index contributed by atoms with van der Waals surface area (Å²) in [5, 5.41) is 0.640. The first-order chi connectivity index (χ1) is 11.3. The van der Waals surface area contributed by atoms with Crippen molar-refractivity contribution < 1.29 is 19.1 Å². The van der Waals surface area contributed by atoms with Gasteiger partial charge in [-0.15, -0.1) is 0 Å². The predicted octanol–water partition coefficient (Wildman–Crippen LogP) is 4.10. The van der Waals surface area contributed by atoms with Crippen molar-refractivity contribution in [2.75, 3.05) is 7.11 Å². The van der Waals surface area contributed by atoms with Gasteiger partial charge in [0.2, 0.25) is 0 Å². The molecular formula is C19H19ClO4. The Hall–Kier alpha value is -2.33. The predicted molar refractivity (Wildman–Crippen MR) is 92.7 cm³/mol. The minimum atomic E-state index is -1.09. The standard InChI is InChI=1S/C19H19ClO4/c1-19(2,18(22)23-3)24-16-10-6-14(7-11-16)17(21)12-13-4-8-15(20)9-5-13/h4-11H,12H2,1-3H3. The van der Waals surface area contributed by atoms with Gasteiger partial charge in [0.05, 0.1) is 7.11 Å². The van der Waals surface area contributed by atoms with Gasteiger partial charge in [0.25, 0.3) is 0 Å². The molecule has 0 bridgehead atoms. The molecule has 0 unspecified atom stereocenters. The number of hydrogen-bond donors (Lipinski definition) is 0. The lowest BCUT2D eigenvalue weighted by atomic mass is 10.0. The van der Waals surface area contributed by atoms with Crippen LogP contribution in [0.3, 0.4) is 0 Å². The van der Waals surface area contributed by atoms with Crippen LogP contribution in [0.4, 0.5) is 0 Å². The van der Waals surface area contributed by atoms with E-state index in [2.05, 4.69) is 0 Å². The van der Waals surface area contributed by atoms with Gasteiger partial charge in [0.15, 0.2) is 11.4 Å². The molecule has 0 amide bonds. The molecule has 0 radical (unpaired) electrons. The Balaban J connectivity index is 2.04. The van der Waals surface area contributed by atoms with E-state index in [1.807, 2.05) is 12.1 Å². The number of carbonyl (C=O) groups is 2. The highest BCUT2D eigenvalue weighted by Gasteiger charge is 2.31. The van der Waals surface area contributed by atoms with Gasteiger partial charge in [0, 0.05) is 17.0 Å². The molecular weight excluding hydrogens is 328 g/mol. The molecule has 0 saturated carbocycles. The second kappa shape index (κ2) is 7.49. The van der Waals surface area contributed by atoms with Crippen molar-refractivity contribution in [3.8, 4) is 5.75 Å². The van der Waals surface area contributed by atoms with Gasteiger partial charge in [0.1, 0.15) is 5.75 Å². The lowest BCUT2D eigenvalue weighted by molar-refractivity contribution is -0.156. The van der Waals surface area contributed by atoms with E-state index in [4.69, 9.17) is 21.1 Å². The number of ketones is 1. The summed E-state index contributed by atoms with van der Waals surface area (Å²) in [4.78, 5) is 23.9. The number of rotatable bonds is 6. The minimum absolute atomic E-state index is 0.00361. The van der Waals surface area contributed by atoms with Gasteiger partial charge < -0.3 is 9.47 Å². The number of esters is 1. The molecule has 4 nitrogen and oxygen atoms in total. The molecule has 0 N–H and O–H groups in total. The molecule has 2 rings (SSSR count). The molecule has 0 fully saturated rings. The maximum absolute atomic E-state index is 12.3. The second-order valence-corrected chi connectivity index (χ2v) is 6.29. The number of ether oxygens (including phenoxy) is 2. The van der Waals surface area contributed by atoms with Crippen LogP contribution in [0.2, 0.25) is 5.02 Å². The van der Waals surface area contributed by atoms with Crippen molar-refractivity contribution in [3.05, 3.63) is 64.7 Å². The maximum atomic E-state index is 12.3. The average Bonchev–Trinajstić information content (AvgIpc) is 2.56. The van der Waals surface area contributed by atoms with Crippen LogP contribution in [-0.4, -0.2) is 24.5 Å². The van der Waals surface area contributed by atoms with Crippen LogP contribution in [0.15, 0.2) is 48.5 Å². The van der Waals surface area contributed by atoms with E-state index in [9.17, 15) is 9.59 Å². The summed E-state index contributed by atoms with van der Waals surface area (Å²) in [5.74, 6) is 0.0231. The highest BCUT2D eigenvalue weighted by Crippen LogP contribution is 2.21. The van der Waals surface area contributed by atoms with Crippen LogP contribution in [0.25, 0.3) is 0 Å². The summed E-state index contributed by atoms with van der Waals surface area (Å²) in [6, 6.07) is 13.9. The first-order valence-electron chi connectivity index (χ1n) is 7.47. The molecule has 0 aliphatic rings. The molecule has 0 heterocycles. The topological polar surface area (TPSA) is 52.6 Å². The Bertz CT molecular complexity index is 718. The highest BCUT2D eigenvalue weighted by molar-refractivity contribution is 6.30. The fraction of sp³-hybridized carbons (Fsp3) is 0.263. The lowest BCUT2D eigenvalue weighted by Gasteiger charge is -2.23. The summed E-state index contributed by atoms with van der Waals surface area (Å²) in [5.41, 5.74) is 0.383. The van der Waals surface area contributed by atoms with Crippen LogP contribution in [-0.2, 0) is 16.0 Å². The minimum Gasteiger partial charge on any atom is -0.476 e. The maximum Gasteiger partial charge on any atom is 0.349 e. The third-order valence-electron chi connectivity index (χ3n) is 3.50. The smallest absolute Gasteiger partial charge is 0.349 e. The quantitative estimate of drug-likeness (QED) is 0.583. The molecule has 2 aromatic rings. The largest absolute Gasteiger partial charge is 0.476 e. The van der Waals surface area contributed by atoms with Gasteiger partial charge in [-0.05, 0) is 55.8 Å². The molecule has 2 aromatic carbocycles. The van der Waals surface area contributed by atoms with Crippen LogP contribution in [0.1, 0.15) is 29.8 Å². The van der Waals surface area contributed by atoms with Gasteiger partial charge >= 0.3 is 5.97 Å². The summed E-state index contributed by atoms with van der Waals surface area (Å²) >= 11 is 5.84. The average molecular weight is 347 g/mol. The molecule has 0 saturated heterocycles. The van der Waals surface area contributed by atoms with Gasteiger partial charge in [-0.1, -0.05) is 23.7 Å². The molecule has 126 valence electrons. The van der Waals surface area contributed by atoms with Gasteiger partial charge in [-0.25, -0.2) is 4.79 Å². The number of hydrogen-bond acceptors (Lipinski definition) is 4. The molecule has 0 aromatic heterocycles. The number of Topliss-reactive ketones (excluding diaryl/α,β-unsaturated/α-hetero) is 1. The van der Waals surface area contributed by atoms with E-state index in [0.717, 1.165) is 5.56 Å². The first kappa shape index (κ1) is 18.0. The van der Waals surface area contributed by atoms with Crippen LogP contribution < -0.4 is 4.74 Å². The Morgan fingerprint density at radius 1 is 1.00 bits per heavy atom. The number of halogens is 1. The molecule has 24 heavy (non-hydrogen) atoms. The Labute approximate surface area is 146 Å². The van der Waals surface area contributed by atoms with Crippen molar-refractivity contribution in [2.45, 2.75) is 25.9 Å². The van der Waals surface area contributed by atoms with E-state index in [1.165, 1.54) is 7.11 Å². The van der Waals surface area contributed by atoms with Crippen LogP contribution >= 0.6 is 11.6 Å². The fourth-order valence-electron chi connectivity index (χ4n) is 2.18. The Morgan fingerprint density at radius 3 is 2.12 bits per heavy atom. The second-order valence-electron chi connectivity index (χ2n) is 5.85. The first-order valence-corrected chi connectivity index (χ1v) is 7.85. The third-order valence-corrected chi connectivity index (χ3v) is 3.76. The summed E-state index contributed by atoms with van der Waals surface area (Å²) in [7, 11) is 1.31. The number of carbonyl (C=O) groups excluding carboxylic acids is 2. The molecule has 0 atom stereocenters. The van der Waals surface area contributed by atoms with E-state index in [-0.39, 0.29) is 5.78 Å². The zero-order valence-electron chi connectivity index (χ0n) is 13.8. The van der Waals surface area contributed by atoms with Crippen molar-refractivity contribution >= 4 is 23.4 Å². The third kappa shape index (κ3) is 4.59. The van der Waals surface area contributed by atoms with Crippen LogP contribution in [0, 0.1) is 0 Å². The van der Waals surface area contributed by atoms with E-state index in [0.29, 0.717) is 22.8 Å². The van der Waals surface area contributed by atoms with Gasteiger partial charge in [-0.2, -0.15) is 0 Å². The lowest BCUT2D eigenvalue weighted by Crippen LogP contribution is -2.39. The van der Waals surface area contributed by atoms with E-state index in [1.54, 1.807) is 50.2 Å². The SMILES string of the molecule is COC(=O)C(C)(C)Oc1ccc(C(=O)Cc2ccc(Cl)cc2)cc1. The van der Waals surface area contributed by atoms with Crippen molar-refractivity contribution in [3.63, 3.8) is 0 Å². The molecule has 5 heteroatoms. The molecule has 0 aliphatic carbocycles. The fourth-order valence-corrected chi connectivity index (χ4v) is 2.31. The Morgan fingerprint density at radius 2 is 1.58 bits per heavy atom. The summed E-state index contributed by atoms with van der Waals surface area (Å²) in [6.45, 7) is 3.25. The zero-order chi connectivity index (χ0) is 17.7. The summed E-state index contributed by atoms with van der Waals surface area (Å²) in [6.07, 6.45) is 0.297.